The fourth-order valence-electron chi connectivity index (χ4n) is 3.01. The molecule has 0 amide bonds. The van der Waals surface area contributed by atoms with Gasteiger partial charge in [-0.05, 0) is 51.3 Å². The molecule has 0 saturated carbocycles. The smallest absolute Gasteiger partial charge is 0.201 e. The van der Waals surface area contributed by atoms with Gasteiger partial charge in [0.25, 0.3) is 0 Å². The Morgan fingerprint density at radius 2 is 1.87 bits per heavy atom. The fraction of sp³-hybridized carbons (Fsp3) is 0.368. The van der Waals surface area contributed by atoms with E-state index in [1.54, 1.807) is 0 Å². The summed E-state index contributed by atoms with van der Waals surface area (Å²) >= 11 is 0. The number of hydrogen-bond acceptors (Lipinski definition) is 3. The van der Waals surface area contributed by atoms with Crippen LogP contribution in [0.2, 0.25) is 0 Å². The summed E-state index contributed by atoms with van der Waals surface area (Å²) in [5.74, 6) is -0.0590. The standard InChI is InChI=1S/C19H24N2O2/c1-6-15-9-7-8-10-16(15)20-13(4)19(23)18-11(2)17(14(5)22)12(3)21-18/h7-10,13,20-21H,6H2,1-5H3/t13-/m0/s1. The number of aromatic nitrogens is 1. The highest BCUT2D eigenvalue weighted by Gasteiger charge is 2.23. The zero-order chi connectivity index (χ0) is 17.1. The average Bonchev–Trinajstić information content (AvgIpc) is 2.81. The Bertz CT molecular complexity index is 744. The second kappa shape index (κ2) is 6.82. The summed E-state index contributed by atoms with van der Waals surface area (Å²) in [4.78, 5) is 27.6. The van der Waals surface area contributed by atoms with E-state index in [9.17, 15) is 9.59 Å². The quantitative estimate of drug-likeness (QED) is 0.790. The van der Waals surface area contributed by atoms with Crippen molar-refractivity contribution in [3.8, 4) is 0 Å². The minimum absolute atomic E-state index is 0.0211. The lowest BCUT2D eigenvalue weighted by Gasteiger charge is -2.16. The largest absolute Gasteiger partial charge is 0.375 e. The molecule has 0 saturated heterocycles. The maximum Gasteiger partial charge on any atom is 0.201 e. The molecule has 0 aliphatic rings. The molecule has 0 aliphatic heterocycles. The van der Waals surface area contributed by atoms with Crippen molar-refractivity contribution in [3.05, 3.63) is 52.3 Å². The van der Waals surface area contributed by atoms with Crippen LogP contribution >= 0.6 is 0 Å². The Morgan fingerprint density at radius 1 is 1.22 bits per heavy atom. The first-order chi connectivity index (χ1) is 10.9. The highest BCUT2D eigenvalue weighted by Crippen LogP contribution is 2.22. The maximum atomic E-state index is 12.8. The van der Waals surface area contributed by atoms with Gasteiger partial charge < -0.3 is 10.3 Å². The number of hydrogen-bond donors (Lipinski definition) is 2. The van der Waals surface area contributed by atoms with Gasteiger partial charge in [-0.25, -0.2) is 0 Å². The van der Waals surface area contributed by atoms with Crippen LogP contribution in [0.25, 0.3) is 0 Å². The van der Waals surface area contributed by atoms with Crippen molar-refractivity contribution in [2.24, 2.45) is 0 Å². The topological polar surface area (TPSA) is 62.0 Å². The Labute approximate surface area is 137 Å². The number of Topliss-reactive ketones (excluding diaryl/α,β-unsaturated/α-hetero) is 2. The van der Waals surface area contributed by atoms with Crippen LogP contribution in [0.3, 0.4) is 0 Å². The molecule has 4 heteroatoms. The van der Waals surface area contributed by atoms with Crippen molar-refractivity contribution >= 4 is 17.3 Å². The molecule has 0 unspecified atom stereocenters. The molecule has 1 heterocycles. The first kappa shape index (κ1) is 17.0. The number of aryl methyl sites for hydroxylation is 2. The van der Waals surface area contributed by atoms with Crippen LogP contribution in [-0.2, 0) is 6.42 Å². The van der Waals surface area contributed by atoms with Gasteiger partial charge in [0.2, 0.25) is 5.78 Å². The molecule has 1 aromatic heterocycles. The third-order valence-electron chi connectivity index (χ3n) is 4.20. The normalized spacial score (nSPS) is 12.0. The molecule has 0 bridgehead atoms. The SMILES string of the molecule is CCc1ccccc1N[C@@H](C)C(=O)c1[nH]c(C)c(C(C)=O)c1C. The van der Waals surface area contributed by atoms with Crippen molar-refractivity contribution in [2.75, 3.05) is 5.32 Å². The Morgan fingerprint density at radius 3 is 2.43 bits per heavy atom. The monoisotopic (exact) mass is 312 g/mol. The van der Waals surface area contributed by atoms with Crippen molar-refractivity contribution in [3.63, 3.8) is 0 Å². The van der Waals surface area contributed by atoms with Crippen molar-refractivity contribution in [1.82, 2.24) is 4.98 Å². The van der Waals surface area contributed by atoms with Crippen molar-refractivity contribution in [1.29, 1.82) is 0 Å². The number of carbonyl (C=O) groups excluding carboxylic acids is 2. The minimum Gasteiger partial charge on any atom is -0.375 e. The van der Waals surface area contributed by atoms with E-state index in [0.717, 1.165) is 23.4 Å². The number of aromatic amines is 1. The highest BCUT2D eigenvalue weighted by atomic mass is 16.1. The molecule has 23 heavy (non-hydrogen) atoms. The lowest BCUT2D eigenvalue weighted by atomic mass is 10.0. The average molecular weight is 312 g/mol. The number of para-hydroxylation sites is 1. The molecule has 0 aliphatic carbocycles. The third-order valence-corrected chi connectivity index (χ3v) is 4.20. The van der Waals surface area contributed by atoms with Crippen LogP contribution in [-0.4, -0.2) is 22.6 Å². The summed E-state index contributed by atoms with van der Waals surface area (Å²) in [6.45, 7) is 9.10. The number of H-pyrrole nitrogens is 1. The number of nitrogens with one attached hydrogen (secondary N) is 2. The van der Waals surface area contributed by atoms with E-state index >= 15 is 0 Å². The van der Waals surface area contributed by atoms with Crippen molar-refractivity contribution < 1.29 is 9.59 Å². The van der Waals surface area contributed by atoms with Gasteiger partial charge in [0.05, 0.1) is 11.7 Å². The van der Waals surface area contributed by atoms with E-state index in [0.29, 0.717) is 11.3 Å². The van der Waals surface area contributed by atoms with Crippen LogP contribution in [0, 0.1) is 13.8 Å². The maximum absolute atomic E-state index is 12.8. The molecule has 0 spiro atoms. The summed E-state index contributed by atoms with van der Waals surface area (Å²) in [5, 5.41) is 3.29. The number of ketones is 2. The molecule has 1 aromatic carbocycles. The predicted molar refractivity (Wildman–Crippen MR) is 93.5 cm³/mol. The number of rotatable bonds is 6. The van der Waals surface area contributed by atoms with Gasteiger partial charge in [-0.1, -0.05) is 25.1 Å². The molecule has 2 aromatic rings. The number of benzene rings is 1. The van der Waals surface area contributed by atoms with Crippen LogP contribution in [0.5, 0.6) is 0 Å². The highest BCUT2D eigenvalue weighted by molar-refractivity contribution is 6.05. The van der Waals surface area contributed by atoms with E-state index in [4.69, 9.17) is 0 Å². The zero-order valence-corrected chi connectivity index (χ0v) is 14.4. The summed E-state index contributed by atoms with van der Waals surface area (Å²) < 4.78 is 0. The minimum atomic E-state index is -0.376. The van der Waals surface area contributed by atoms with Crippen LogP contribution in [0.1, 0.15) is 58.4 Å². The molecule has 2 rings (SSSR count). The van der Waals surface area contributed by atoms with Crippen LogP contribution in [0.4, 0.5) is 5.69 Å². The van der Waals surface area contributed by atoms with Crippen molar-refractivity contribution in [2.45, 2.75) is 47.1 Å². The van der Waals surface area contributed by atoms with Gasteiger partial charge in [-0.15, -0.1) is 0 Å². The summed E-state index contributed by atoms with van der Waals surface area (Å²) in [6, 6.07) is 7.61. The van der Waals surface area contributed by atoms with Gasteiger partial charge in [0.15, 0.2) is 5.78 Å². The van der Waals surface area contributed by atoms with Gasteiger partial charge >= 0.3 is 0 Å². The van der Waals surface area contributed by atoms with Gasteiger partial charge in [0, 0.05) is 16.9 Å². The first-order valence-electron chi connectivity index (χ1n) is 7.95. The second-order valence-corrected chi connectivity index (χ2v) is 5.92. The first-order valence-corrected chi connectivity index (χ1v) is 7.95. The molecule has 2 N–H and O–H groups in total. The van der Waals surface area contributed by atoms with Crippen LogP contribution < -0.4 is 5.32 Å². The lowest BCUT2D eigenvalue weighted by molar-refractivity contribution is 0.0970. The molecular formula is C19H24N2O2. The van der Waals surface area contributed by atoms with Gasteiger partial charge in [0.1, 0.15) is 0 Å². The van der Waals surface area contributed by atoms with E-state index in [1.807, 2.05) is 39.0 Å². The second-order valence-electron chi connectivity index (χ2n) is 5.92. The van der Waals surface area contributed by atoms with Gasteiger partial charge in [-0.3, -0.25) is 9.59 Å². The summed E-state index contributed by atoms with van der Waals surface area (Å²) in [7, 11) is 0. The zero-order valence-electron chi connectivity index (χ0n) is 14.4. The molecule has 0 fully saturated rings. The van der Waals surface area contributed by atoms with Crippen LogP contribution in [0.15, 0.2) is 24.3 Å². The Kier molecular flexibility index (Phi) is 5.04. The summed E-state index contributed by atoms with van der Waals surface area (Å²) in [6.07, 6.45) is 0.902. The molecule has 122 valence electrons. The summed E-state index contributed by atoms with van der Waals surface area (Å²) in [5.41, 5.74) is 4.77. The van der Waals surface area contributed by atoms with Gasteiger partial charge in [-0.2, -0.15) is 0 Å². The number of anilines is 1. The predicted octanol–water partition coefficient (Wildman–Crippen LogP) is 4.08. The fourth-order valence-corrected chi connectivity index (χ4v) is 3.01. The van der Waals surface area contributed by atoms with E-state index in [2.05, 4.69) is 23.3 Å². The molecule has 0 radical (unpaired) electrons. The Balaban J connectivity index is 2.27. The molecule has 1 atom stereocenters. The van der Waals surface area contributed by atoms with E-state index in [-0.39, 0.29) is 17.6 Å². The molecular weight excluding hydrogens is 288 g/mol. The number of carbonyl (C=O) groups is 2. The van der Waals surface area contributed by atoms with E-state index in [1.165, 1.54) is 12.5 Å². The van der Waals surface area contributed by atoms with E-state index < -0.39 is 0 Å². The third kappa shape index (κ3) is 3.36. The lowest BCUT2D eigenvalue weighted by Crippen LogP contribution is -2.27. The Hall–Kier alpha value is -2.36. The molecule has 4 nitrogen and oxygen atoms in total.